The number of esters is 2. The first-order chi connectivity index (χ1) is 30.6. The quantitative estimate of drug-likeness (QED) is 0.0281. The summed E-state index contributed by atoms with van der Waals surface area (Å²) < 4.78 is 17.4. The number of ether oxygens (including phenoxy) is 3. The lowest BCUT2D eigenvalue weighted by molar-refractivity contribution is -0.887. The number of hydrogen-bond acceptors (Lipinski definition) is 6. The third-order valence-corrected chi connectivity index (χ3v) is 12.1. The van der Waals surface area contributed by atoms with Crippen LogP contribution in [0.1, 0.15) is 245 Å². The highest BCUT2D eigenvalue weighted by molar-refractivity contribution is 5.72. The Labute approximate surface area is 389 Å². The van der Waals surface area contributed by atoms with Crippen LogP contribution in [0.2, 0.25) is 0 Å². The van der Waals surface area contributed by atoms with Crippen LogP contribution in [0.25, 0.3) is 0 Å². The van der Waals surface area contributed by atoms with Gasteiger partial charge in [0.15, 0.2) is 12.1 Å². The van der Waals surface area contributed by atoms with E-state index >= 15 is 0 Å². The van der Waals surface area contributed by atoms with Crippen molar-refractivity contribution in [2.45, 2.75) is 257 Å². The van der Waals surface area contributed by atoms with Crippen molar-refractivity contribution in [1.29, 1.82) is 0 Å². The van der Waals surface area contributed by atoms with Gasteiger partial charge in [-0.05, 0) is 44.9 Å². The maximum absolute atomic E-state index is 12.8. The van der Waals surface area contributed by atoms with Gasteiger partial charge in [0.05, 0.1) is 34.4 Å². The van der Waals surface area contributed by atoms with Crippen molar-refractivity contribution in [2.75, 3.05) is 41.0 Å². The first-order valence-corrected chi connectivity index (χ1v) is 26.5. The zero-order valence-corrected chi connectivity index (χ0v) is 42.0. The molecule has 0 aliphatic carbocycles. The Bertz CT molecular complexity index is 1130. The molecule has 0 aliphatic rings. The Hall–Kier alpha value is -2.45. The van der Waals surface area contributed by atoms with Gasteiger partial charge in [0, 0.05) is 19.3 Å². The predicted molar refractivity (Wildman–Crippen MR) is 266 cm³/mol. The van der Waals surface area contributed by atoms with Crippen LogP contribution in [0.4, 0.5) is 0 Å². The molecule has 0 aromatic heterocycles. The van der Waals surface area contributed by atoms with E-state index in [2.05, 4.69) is 50.3 Å². The molecular formula is C55H102NO7+. The third kappa shape index (κ3) is 44.5. The summed E-state index contributed by atoms with van der Waals surface area (Å²) in [5.74, 6) is -1.47. The Morgan fingerprint density at radius 1 is 0.492 bits per heavy atom. The summed E-state index contributed by atoms with van der Waals surface area (Å²) in [4.78, 5) is 37.2. The second-order valence-electron chi connectivity index (χ2n) is 19.1. The molecule has 0 heterocycles. The van der Waals surface area contributed by atoms with Gasteiger partial charge in [-0.3, -0.25) is 9.59 Å². The van der Waals surface area contributed by atoms with E-state index in [9.17, 15) is 19.5 Å². The van der Waals surface area contributed by atoms with Crippen molar-refractivity contribution < 1.29 is 38.2 Å². The van der Waals surface area contributed by atoms with Crippen LogP contribution >= 0.6 is 0 Å². The summed E-state index contributed by atoms with van der Waals surface area (Å²) in [6, 6.07) is -0.616. The van der Waals surface area contributed by atoms with Crippen LogP contribution in [0.15, 0.2) is 36.5 Å². The van der Waals surface area contributed by atoms with Gasteiger partial charge in [0.25, 0.3) is 0 Å². The first kappa shape index (κ1) is 60.5. The number of carbonyl (C=O) groups is 3. The number of likely N-dealkylation sites (N-methyl/N-ethyl adjacent to an activating group) is 1. The molecule has 2 atom stereocenters. The van der Waals surface area contributed by atoms with Crippen molar-refractivity contribution in [2.24, 2.45) is 0 Å². The van der Waals surface area contributed by atoms with Crippen LogP contribution < -0.4 is 0 Å². The molecule has 0 saturated carbocycles. The van der Waals surface area contributed by atoms with E-state index in [0.29, 0.717) is 19.3 Å². The minimum Gasteiger partial charge on any atom is -0.477 e. The molecule has 8 heteroatoms. The van der Waals surface area contributed by atoms with Crippen molar-refractivity contribution in [3.63, 3.8) is 0 Å². The average Bonchev–Trinajstić information content (AvgIpc) is 3.24. The molecule has 0 aliphatic heterocycles. The lowest BCUT2D eigenvalue weighted by Crippen LogP contribution is -2.50. The van der Waals surface area contributed by atoms with Gasteiger partial charge in [-0.25, -0.2) is 4.79 Å². The van der Waals surface area contributed by atoms with E-state index in [0.717, 1.165) is 64.2 Å². The predicted octanol–water partition coefficient (Wildman–Crippen LogP) is 15.4. The molecule has 0 saturated heterocycles. The lowest BCUT2D eigenvalue weighted by Gasteiger charge is -2.31. The van der Waals surface area contributed by atoms with Crippen molar-refractivity contribution in [1.82, 2.24) is 0 Å². The Kier molecular flexibility index (Phi) is 44.3. The Morgan fingerprint density at radius 3 is 1.32 bits per heavy atom. The van der Waals surface area contributed by atoms with Gasteiger partial charge in [-0.1, -0.05) is 217 Å². The molecule has 0 aromatic rings. The van der Waals surface area contributed by atoms with E-state index in [1.807, 2.05) is 21.1 Å². The highest BCUT2D eigenvalue weighted by atomic mass is 16.6. The number of carbonyl (C=O) groups excluding carboxylic acids is 2. The zero-order chi connectivity index (χ0) is 46.3. The van der Waals surface area contributed by atoms with Crippen LogP contribution in [-0.2, 0) is 28.6 Å². The highest BCUT2D eigenvalue weighted by Gasteiger charge is 2.31. The highest BCUT2D eigenvalue weighted by Crippen LogP contribution is 2.17. The number of carboxylic acid groups (broad SMARTS) is 1. The number of rotatable bonds is 48. The number of quaternary nitrogens is 1. The number of nitrogens with zero attached hydrogens (tertiary/aromatic N) is 1. The van der Waals surface area contributed by atoms with Crippen molar-refractivity contribution in [3.05, 3.63) is 36.5 Å². The van der Waals surface area contributed by atoms with Gasteiger partial charge in [0.2, 0.25) is 0 Å². The van der Waals surface area contributed by atoms with E-state index < -0.39 is 18.1 Å². The van der Waals surface area contributed by atoms with E-state index in [1.54, 1.807) is 0 Å². The van der Waals surface area contributed by atoms with Gasteiger partial charge < -0.3 is 23.8 Å². The summed E-state index contributed by atoms with van der Waals surface area (Å²) in [7, 11) is 5.54. The summed E-state index contributed by atoms with van der Waals surface area (Å²) in [5.41, 5.74) is 0. The summed E-state index contributed by atoms with van der Waals surface area (Å²) >= 11 is 0. The number of aliphatic carboxylic acids is 1. The van der Waals surface area contributed by atoms with E-state index in [4.69, 9.17) is 14.2 Å². The maximum atomic E-state index is 12.8. The molecule has 8 nitrogen and oxygen atoms in total. The average molecular weight is 889 g/mol. The first-order valence-electron chi connectivity index (χ1n) is 26.5. The largest absolute Gasteiger partial charge is 0.477 e. The lowest BCUT2D eigenvalue weighted by atomic mass is 10.0. The monoisotopic (exact) mass is 889 g/mol. The summed E-state index contributed by atoms with van der Waals surface area (Å²) in [6.07, 6.45) is 54.9. The molecule has 63 heavy (non-hydrogen) atoms. The molecule has 0 spiro atoms. The number of hydrogen-bond donors (Lipinski definition) is 1. The number of carboxylic acids is 1. The topological polar surface area (TPSA) is 99.1 Å². The van der Waals surface area contributed by atoms with Gasteiger partial charge in [0.1, 0.15) is 6.61 Å². The molecule has 0 aromatic carbocycles. The fraction of sp³-hybridized carbons (Fsp3) is 0.836. The standard InChI is InChI=1S/C55H101NO7/c1-6-8-10-12-14-16-18-20-22-24-25-26-27-28-29-30-32-34-36-38-40-42-44-46-54(58)63-51(49-61-48-47-52(55(59)60)56(3,4)5)50-62-53(57)45-43-41-39-37-35-33-31-23-21-19-17-15-13-11-9-7-2/h9,11,15,17,21,23,51-52H,6-8,10,12-14,16,18-20,22,24-50H2,1-5H3/p+1/b11-9+,17-15+,23-21+. The van der Waals surface area contributed by atoms with Gasteiger partial charge in [-0.2, -0.15) is 0 Å². The molecule has 0 amide bonds. The molecule has 0 rings (SSSR count). The summed E-state index contributed by atoms with van der Waals surface area (Å²) in [5, 5.41) is 9.66. The SMILES string of the molecule is CC/C=C/C/C=C/C/C=C/CCCCCCCCC(=O)OCC(COCCC(C(=O)O)[N+](C)(C)C)OC(=O)CCCCCCCCCCCCCCCCCCCCCCCCC. The van der Waals surface area contributed by atoms with Crippen LogP contribution in [-0.4, -0.2) is 80.6 Å². The molecule has 0 radical (unpaired) electrons. The molecule has 0 fully saturated rings. The van der Waals surface area contributed by atoms with Crippen molar-refractivity contribution in [3.8, 4) is 0 Å². The molecule has 2 unspecified atom stereocenters. The maximum Gasteiger partial charge on any atom is 0.362 e. The fourth-order valence-electron chi connectivity index (χ4n) is 7.99. The minimum atomic E-state index is -0.874. The molecule has 368 valence electrons. The normalized spacial score (nSPS) is 13.1. The van der Waals surface area contributed by atoms with E-state index in [1.165, 1.54) is 148 Å². The van der Waals surface area contributed by atoms with Crippen molar-refractivity contribution >= 4 is 17.9 Å². The second-order valence-corrected chi connectivity index (χ2v) is 19.1. The van der Waals surface area contributed by atoms with Crippen LogP contribution in [0, 0.1) is 0 Å². The Balaban J connectivity index is 4.18. The van der Waals surface area contributed by atoms with Crippen LogP contribution in [0.3, 0.4) is 0 Å². The zero-order valence-electron chi connectivity index (χ0n) is 42.0. The molecular weight excluding hydrogens is 787 g/mol. The number of unbranched alkanes of at least 4 members (excludes halogenated alkanes) is 28. The number of allylic oxidation sites excluding steroid dienone is 6. The van der Waals surface area contributed by atoms with Gasteiger partial charge >= 0.3 is 17.9 Å². The fourth-order valence-corrected chi connectivity index (χ4v) is 7.99. The minimum absolute atomic E-state index is 0.0547. The van der Waals surface area contributed by atoms with E-state index in [-0.39, 0.29) is 36.2 Å². The summed E-state index contributed by atoms with van der Waals surface area (Å²) in [6.45, 7) is 4.65. The van der Waals surface area contributed by atoms with Crippen LogP contribution in [0.5, 0.6) is 0 Å². The smallest absolute Gasteiger partial charge is 0.362 e. The molecule has 1 N–H and O–H groups in total. The molecule has 0 bridgehead atoms. The Morgan fingerprint density at radius 2 is 0.889 bits per heavy atom. The third-order valence-electron chi connectivity index (χ3n) is 12.1. The van der Waals surface area contributed by atoms with Gasteiger partial charge in [-0.15, -0.1) is 0 Å². The second kappa shape index (κ2) is 46.1.